The minimum absolute atomic E-state index is 0.0360. The molecule has 2 N–H and O–H groups in total. The first-order valence-corrected chi connectivity index (χ1v) is 6.54. The first-order valence-electron chi connectivity index (χ1n) is 6.54. The van der Waals surface area contributed by atoms with Crippen molar-refractivity contribution >= 4 is 5.57 Å². The second kappa shape index (κ2) is 5.22. The van der Waals surface area contributed by atoms with E-state index in [-0.39, 0.29) is 5.41 Å². The number of nitrogens with two attached hydrogens (primary N) is 1. The Morgan fingerprint density at radius 3 is 2.50 bits per heavy atom. The Bertz CT molecular complexity index is 476. The van der Waals surface area contributed by atoms with Crippen molar-refractivity contribution < 1.29 is 0 Å². The summed E-state index contributed by atoms with van der Waals surface area (Å²) >= 11 is 0. The second-order valence-electron chi connectivity index (χ2n) is 4.98. The maximum Gasteiger partial charge on any atom is 0.102 e. The zero-order chi connectivity index (χ0) is 13.0. The summed E-state index contributed by atoms with van der Waals surface area (Å²) in [6.45, 7) is 2.17. The number of hydrogen-bond donors (Lipinski definition) is 1. The van der Waals surface area contributed by atoms with E-state index < -0.39 is 0 Å². The van der Waals surface area contributed by atoms with Crippen LogP contribution in [0, 0.1) is 16.7 Å². The molecule has 18 heavy (non-hydrogen) atoms. The lowest BCUT2D eigenvalue weighted by Crippen LogP contribution is -2.25. The van der Waals surface area contributed by atoms with Crippen molar-refractivity contribution in [2.24, 2.45) is 11.1 Å². The fourth-order valence-electron chi connectivity index (χ4n) is 2.93. The summed E-state index contributed by atoms with van der Waals surface area (Å²) in [6, 6.07) is 5.98. The van der Waals surface area contributed by atoms with Crippen LogP contribution in [0.25, 0.3) is 5.57 Å². The van der Waals surface area contributed by atoms with Crippen molar-refractivity contribution in [3.63, 3.8) is 0 Å². The molecule has 3 heteroatoms. The lowest BCUT2D eigenvalue weighted by Gasteiger charge is -2.29. The van der Waals surface area contributed by atoms with Gasteiger partial charge in [0.05, 0.1) is 5.57 Å². The molecular weight excluding hydrogens is 222 g/mol. The number of rotatable bonds is 3. The minimum Gasteiger partial charge on any atom is -0.401 e. The Morgan fingerprint density at radius 2 is 2.00 bits per heavy atom. The molecule has 1 aromatic heterocycles. The molecule has 0 radical (unpaired) electrons. The molecule has 1 aliphatic rings. The summed E-state index contributed by atoms with van der Waals surface area (Å²) < 4.78 is 0. The van der Waals surface area contributed by atoms with Crippen LogP contribution in [-0.4, -0.2) is 4.98 Å². The minimum atomic E-state index is 0.0360. The first kappa shape index (κ1) is 12.6. The van der Waals surface area contributed by atoms with E-state index in [0.717, 1.165) is 30.5 Å². The van der Waals surface area contributed by atoms with E-state index in [9.17, 15) is 5.26 Å². The third-order valence-electron chi connectivity index (χ3n) is 4.16. The van der Waals surface area contributed by atoms with Gasteiger partial charge in [-0.05, 0) is 37.0 Å². The van der Waals surface area contributed by atoms with Crippen molar-refractivity contribution in [3.05, 3.63) is 35.8 Å². The Balaban J connectivity index is 2.47. The molecule has 0 unspecified atom stereocenters. The Kier molecular flexibility index (Phi) is 3.66. The number of nitriles is 1. The van der Waals surface area contributed by atoms with Crippen molar-refractivity contribution in [2.45, 2.75) is 39.0 Å². The van der Waals surface area contributed by atoms with Crippen LogP contribution in [-0.2, 0) is 0 Å². The van der Waals surface area contributed by atoms with Gasteiger partial charge in [-0.15, -0.1) is 0 Å². The summed E-state index contributed by atoms with van der Waals surface area (Å²) in [5, 5.41) is 9.41. The molecular formula is C15H19N3. The van der Waals surface area contributed by atoms with Gasteiger partial charge < -0.3 is 5.73 Å². The smallest absolute Gasteiger partial charge is 0.102 e. The number of aromatic nitrogens is 1. The second-order valence-corrected chi connectivity index (χ2v) is 4.98. The molecule has 0 aromatic carbocycles. The third-order valence-corrected chi connectivity index (χ3v) is 4.16. The Hall–Kier alpha value is -1.82. The maximum absolute atomic E-state index is 9.41. The van der Waals surface area contributed by atoms with Crippen LogP contribution in [0.1, 0.15) is 44.6 Å². The van der Waals surface area contributed by atoms with E-state index >= 15 is 0 Å². The highest BCUT2D eigenvalue weighted by Gasteiger charge is 2.36. The molecule has 1 fully saturated rings. The zero-order valence-electron chi connectivity index (χ0n) is 10.8. The molecule has 0 aliphatic heterocycles. The van der Waals surface area contributed by atoms with Gasteiger partial charge in [-0.2, -0.15) is 5.26 Å². The Morgan fingerprint density at radius 1 is 1.39 bits per heavy atom. The van der Waals surface area contributed by atoms with Crippen LogP contribution in [0.2, 0.25) is 0 Å². The lowest BCUT2D eigenvalue weighted by atomic mass is 9.77. The highest BCUT2D eigenvalue weighted by molar-refractivity contribution is 5.79. The summed E-state index contributed by atoms with van der Waals surface area (Å²) in [7, 11) is 0. The average Bonchev–Trinajstić information content (AvgIpc) is 2.91. The number of hydrogen-bond acceptors (Lipinski definition) is 3. The number of allylic oxidation sites excluding steroid dienone is 2. The topological polar surface area (TPSA) is 62.7 Å². The molecule has 3 nitrogen and oxygen atoms in total. The molecule has 1 heterocycles. The van der Waals surface area contributed by atoms with Crippen molar-refractivity contribution in [1.29, 1.82) is 5.26 Å². The molecule has 0 bridgehead atoms. The van der Waals surface area contributed by atoms with Crippen molar-refractivity contribution in [3.8, 4) is 6.07 Å². The summed E-state index contributed by atoms with van der Waals surface area (Å²) in [5.74, 6) is 0. The molecule has 1 aliphatic carbocycles. The molecule has 1 saturated carbocycles. The molecule has 0 atom stereocenters. The normalized spacial score (nSPS) is 19.1. The largest absolute Gasteiger partial charge is 0.401 e. The van der Waals surface area contributed by atoms with Gasteiger partial charge in [0.25, 0.3) is 0 Å². The van der Waals surface area contributed by atoms with E-state index in [1.807, 2.05) is 12.1 Å². The predicted molar refractivity (Wildman–Crippen MR) is 72.1 cm³/mol. The van der Waals surface area contributed by atoms with Crippen LogP contribution >= 0.6 is 0 Å². The van der Waals surface area contributed by atoms with E-state index in [0.29, 0.717) is 5.57 Å². The van der Waals surface area contributed by atoms with Crippen LogP contribution in [0.3, 0.4) is 0 Å². The van der Waals surface area contributed by atoms with Crippen LogP contribution in [0.5, 0.6) is 0 Å². The fourth-order valence-corrected chi connectivity index (χ4v) is 2.93. The van der Waals surface area contributed by atoms with Gasteiger partial charge >= 0.3 is 0 Å². The Labute approximate surface area is 108 Å². The molecule has 1 aromatic rings. The van der Waals surface area contributed by atoms with Gasteiger partial charge in [0.1, 0.15) is 6.07 Å². The predicted octanol–water partition coefficient (Wildman–Crippen LogP) is 3.25. The summed E-state index contributed by atoms with van der Waals surface area (Å²) in [5.41, 5.74) is 8.66. The van der Waals surface area contributed by atoms with Gasteiger partial charge in [0.2, 0.25) is 0 Å². The fraction of sp³-hybridized carbons (Fsp3) is 0.467. The molecule has 0 spiro atoms. The summed E-state index contributed by atoms with van der Waals surface area (Å²) in [6.07, 6.45) is 9.04. The number of nitrogens with zero attached hydrogens (tertiary/aromatic N) is 2. The first-order chi connectivity index (χ1) is 8.73. The van der Waals surface area contributed by atoms with Crippen LogP contribution < -0.4 is 5.73 Å². The number of pyridine rings is 1. The lowest BCUT2D eigenvalue weighted by molar-refractivity contribution is 0.351. The maximum atomic E-state index is 9.41. The van der Waals surface area contributed by atoms with Gasteiger partial charge in [0, 0.05) is 23.5 Å². The van der Waals surface area contributed by atoms with Gasteiger partial charge in [-0.3, -0.25) is 4.98 Å². The van der Waals surface area contributed by atoms with Crippen molar-refractivity contribution in [2.75, 3.05) is 0 Å². The standard InChI is InChI=1S/C15H19N3/c1-2-15(7-3-4-8-15)14(17)13(11-16)12-5-9-18-10-6-12/h5-6,9-10H,2-4,7-8,17H2,1H3/b14-13+. The van der Waals surface area contributed by atoms with Gasteiger partial charge in [0.15, 0.2) is 0 Å². The molecule has 0 saturated heterocycles. The van der Waals surface area contributed by atoms with Gasteiger partial charge in [-0.25, -0.2) is 0 Å². The SMILES string of the molecule is CCC1(/C(N)=C(/C#N)c2ccncc2)CCCC1. The van der Waals surface area contributed by atoms with E-state index in [1.165, 1.54) is 12.8 Å². The molecule has 2 rings (SSSR count). The molecule has 94 valence electrons. The highest BCUT2D eigenvalue weighted by Crippen LogP contribution is 2.46. The summed E-state index contributed by atoms with van der Waals surface area (Å²) in [4.78, 5) is 3.98. The average molecular weight is 241 g/mol. The van der Waals surface area contributed by atoms with E-state index in [1.54, 1.807) is 12.4 Å². The van der Waals surface area contributed by atoms with Gasteiger partial charge in [-0.1, -0.05) is 19.8 Å². The third kappa shape index (κ3) is 2.11. The van der Waals surface area contributed by atoms with Crippen LogP contribution in [0.4, 0.5) is 0 Å². The zero-order valence-corrected chi connectivity index (χ0v) is 10.8. The van der Waals surface area contributed by atoms with Crippen LogP contribution in [0.15, 0.2) is 30.2 Å². The molecule has 0 amide bonds. The highest BCUT2D eigenvalue weighted by atomic mass is 14.7. The van der Waals surface area contributed by atoms with Crippen molar-refractivity contribution in [1.82, 2.24) is 4.98 Å². The monoisotopic (exact) mass is 241 g/mol. The quantitative estimate of drug-likeness (QED) is 0.826. The van der Waals surface area contributed by atoms with E-state index in [2.05, 4.69) is 18.0 Å². The van der Waals surface area contributed by atoms with E-state index in [4.69, 9.17) is 5.73 Å².